The fourth-order valence-electron chi connectivity index (χ4n) is 3.36. The van der Waals surface area contributed by atoms with E-state index >= 15 is 0 Å². The smallest absolute Gasteiger partial charge is 0.419 e. The first-order chi connectivity index (χ1) is 13.3. The maximum atomic E-state index is 13.7. The van der Waals surface area contributed by atoms with Crippen LogP contribution in [0.15, 0.2) is 48.8 Å². The van der Waals surface area contributed by atoms with Gasteiger partial charge in [-0.25, -0.2) is 9.97 Å². The van der Waals surface area contributed by atoms with Crippen LogP contribution >= 0.6 is 0 Å². The molecule has 0 amide bonds. The first-order valence-electron chi connectivity index (χ1n) is 9.30. The van der Waals surface area contributed by atoms with Crippen molar-refractivity contribution >= 4 is 10.9 Å². The van der Waals surface area contributed by atoms with E-state index in [2.05, 4.69) is 23.8 Å². The number of halogens is 3. The molecule has 0 aliphatic heterocycles. The minimum absolute atomic E-state index is 0.148. The van der Waals surface area contributed by atoms with Crippen molar-refractivity contribution in [3.05, 3.63) is 54.4 Å². The Labute approximate surface area is 162 Å². The van der Waals surface area contributed by atoms with Gasteiger partial charge in [-0.05, 0) is 42.5 Å². The van der Waals surface area contributed by atoms with Crippen LogP contribution < -0.4 is 4.74 Å². The Morgan fingerprint density at radius 2 is 1.75 bits per heavy atom. The van der Waals surface area contributed by atoms with Crippen LogP contribution in [0.3, 0.4) is 0 Å². The lowest BCUT2D eigenvalue weighted by molar-refractivity contribution is -0.139. The van der Waals surface area contributed by atoms with Gasteiger partial charge in [0.15, 0.2) is 0 Å². The van der Waals surface area contributed by atoms with Gasteiger partial charge in [0.25, 0.3) is 0 Å². The molecule has 0 saturated carbocycles. The second kappa shape index (κ2) is 8.17. The second-order valence-corrected chi connectivity index (χ2v) is 7.49. The fourth-order valence-corrected chi connectivity index (χ4v) is 3.36. The van der Waals surface area contributed by atoms with E-state index in [-0.39, 0.29) is 18.3 Å². The van der Waals surface area contributed by atoms with Crippen LogP contribution in [0.4, 0.5) is 13.2 Å². The molecule has 3 rings (SSSR count). The summed E-state index contributed by atoms with van der Waals surface area (Å²) in [6.45, 7) is 6.39. The van der Waals surface area contributed by atoms with E-state index in [1.807, 2.05) is 19.1 Å². The number of ether oxygens (including phenoxy) is 1. The molecule has 0 radical (unpaired) electrons. The maximum absolute atomic E-state index is 13.7. The molecule has 0 fully saturated rings. The number of hydrogen-bond donors (Lipinski definition) is 0. The van der Waals surface area contributed by atoms with Crippen molar-refractivity contribution in [3.8, 4) is 17.0 Å². The van der Waals surface area contributed by atoms with Gasteiger partial charge >= 0.3 is 6.18 Å². The summed E-state index contributed by atoms with van der Waals surface area (Å²) in [6.07, 6.45) is -2.26. The largest absolute Gasteiger partial charge is 0.493 e. The second-order valence-electron chi connectivity index (χ2n) is 7.49. The molecule has 28 heavy (non-hydrogen) atoms. The van der Waals surface area contributed by atoms with E-state index in [0.29, 0.717) is 28.1 Å². The van der Waals surface area contributed by atoms with Crippen LogP contribution in [-0.2, 0) is 6.18 Å². The summed E-state index contributed by atoms with van der Waals surface area (Å²) in [5.74, 6) is 0.492. The van der Waals surface area contributed by atoms with Crippen LogP contribution in [-0.4, -0.2) is 16.6 Å². The zero-order chi connectivity index (χ0) is 20.3. The van der Waals surface area contributed by atoms with Crippen molar-refractivity contribution < 1.29 is 17.9 Å². The van der Waals surface area contributed by atoms with Gasteiger partial charge in [0.1, 0.15) is 12.1 Å². The van der Waals surface area contributed by atoms with Crippen LogP contribution in [0.5, 0.6) is 5.75 Å². The zero-order valence-corrected chi connectivity index (χ0v) is 16.1. The van der Waals surface area contributed by atoms with Gasteiger partial charge in [-0.2, -0.15) is 13.2 Å². The number of nitrogens with zero attached hydrogens (tertiary/aromatic N) is 2. The number of para-hydroxylation sites is 1. The maximum Gasteiger partial charge on any atom is 0.419 e. The minimum atomic E-state index is -4.52. The molecule has 3 nitrogen and oxygen atoms in total. The summed E-state index contributed by atoms with van der Waals surface area (Å²) in [5, 5.41) is 0.706. The minimum Gasteiger partial charge on any atom is -0.493 e. The molecular weight excluding hydrogens is 365 g/mol. The van der Waals surface area contributed by atoms with Crippen molar-refractivity contribution in [2.24, 2.45) is 11.8 Å². The number of benzene rings is 2. The molecule has 0 saturated heterocycles. The number of fused-ring (bicyclic) bond motifs is 1. The van der Waals surface area contributed by atoms with Crippen molar-refractivity contribution in [2.75, 3.05) is 6.61 Å². The number of alkyl halides is 3. The zero-order valence-electron chi connectivity index (χ0n) is 16.1. The summed E-state index contributed by atoms with van der Waals surface area (Å²) in [7, 11) is 0. The Kier molecular flexibility index (Phi) is 5.87. The highest BCUT2D eigenvalue weighted by Crippen LogP contribution is 2.39. The summed E-state index contributed by atoms with van der Waals surface area (Å²) >= 11 is 0. The summed E-state index contributed by atoms with van der Waals surface area (Å²) in [4.78, 5) is 8.39. The summed E-state index contributed by atoms with van der Waals surface area (Å²) < 4.78 is 46.6. The molecule has 0 unspecified atom stereocenters. The van der Waals surface area contributed by atoms with E-state index in [0.717, 1.165) is 12.5 Å². The van der Waals surface area contributed by atoms with Gasteiger partial charge in [0.2, 0.25) is 0 Å². The van der Waals surface area contributed by atoms with E-state index in [9.17, 15) is 13.2 Å². The quantitative estimate of drug-likeness (QED) is 0.492. The lowest BCUT2D eigenvalue weighted by atomic mass is 10.00. The number of hydrogen-bond acceptors (Lipinski definition) is 3. The summed E-state index contributed by atoms with van der Waals surface area (Å²) in [6, 6.07) is 11.4. The van der Waals surface area contributed by atoms with Gasteiger partial charge < -0.3 is 4.74 Å². The number of rotatable bonds is 6. The summed E-state index contributed by atoms with van der Waals surface area (Å²) in [5.41, 5.74) is 0.748. The third kappa shape index (κ3) is 4.61. The van der Waals surface area contributed by atoms with Gasteiger partial charge in [0, 0.05) is 10.9 Å². The van der Waals surface area contributed by atoms with Crippen LogP contribution in [0.1, 0.15) is 32.8 Å². The van der Waals surface area contributed by atoms with Crippen molar-refractivity contribution in [1.82, 2.24) is 9.97 Å². The molecular formula is C22H23F3N2O. The van der Waals surface area contributed by atoms with Crippen molar-refractivity contribution in [3.63, 3.8) is 0 Å². The lowest BCUT2D eigenvalue weighted by Gasteiger charge is -2.19. The third-order valence-electron chi connectivity index (χ3n) is 4.50. The molecule has 0 spiro atoms. The van der Waals surface area contributed by atoms with Gasteiger partial charge in [-0.15, -0.1) is 0 Å². The standard InChI is InChI=1S/C22H23F3N2O/c1-14(2)10-15(3)12-28-20-9-8-16(11-18(20)22(23,24)25)21-17-6-4-5-7-19(17)26-13-27-21/h4-9,11,13-15H,10,12H2,1-3H3/t15-/m0/s1. The van der Waals surface area contributed by atoms with E-state index in [1.54, 1.807) is 18.2 Å². The predicted octanol–water partition coefficient (Wildman–Crippen LogP) is 6.38. The van der Waals surface area contributed by atoms with Crippen LogP contribution in [0.2, 0.25) is 0 Å². The monoisotopic (exact) mass is 388 g/mol. The first kappa shape index (κ1) is 20.1. The average molecular weight is 388 g/mol. The normalized spacial score (nSPS) is 13.1. The molecule has 3 aromatic rings. The molecule has 0 aliphatic carbocycles. The molecule has 1 atom stereocenters. The SMILES string of the molecule is CC(C)C[C@H](C)COc1ccc(-c2ncnc3ccccc23)cc1C(F)(F)F. The van der Waals surface area contributed by atoms with Gasteiger partial charge in [-0.1, -0.05) is 39.0 Å². The average Bonchev–Trinajstić information content (AvgIpc) is 2.64. The highest BCUT2D eigenvalue weighted by molar-refractivity contribution is 5.92. The van der Waals surface area contributed by atoms with Crippen LogP contribution in [0.25, 0.3) is 22.2 Å². The molecule has 0 aliphatic rings. The molecule has 0 bridgehead atoms. The van der Waals surface area contributed by atoms with E-state index in [4.69, 9.17) is 4.74 Å². The van der Waals surface area contributed by atoms with Crippen molar-refractivity contribution in [2.45, 2.75) is 33.4 Å². The molecule has 1 aromatic heterocycles. The highest BCUT2D eigenvalue weighted by atomic mass is 19.4. The lowest BCUT2D eigenvalue weighted by Crippen LogP contribution is -2.14. The molecule has 0 N–H and O–H groups in total. The van der Waals surface area contributed by atoms with E-state index < -0.39 is 11.7 Å². The highest BCUT2D eigenvalue weighted by Gasteiger charge is 2.35. The topological polar surface area (TPSA) is 35.0 Å². The Morgan fingerprint density at radius 3 is 2.46 bits per heavy atom. The molecule has 6 heteroatoms. The van der Waals surface area contributed by atoms with Crippen molar-refractivity contribution in [1.29, 1.82) is 0 Å². The first-order valence-corrected chi connectivity index (χ1v) is 9.30. The van der Waals surface area contributed by atoms with E-state index in [1.165, 1.54) is 12.4 Å². The van der Waals surface area contributed by atoms with Gasteiger partial charge in [-0.3, -0.25) is 0 Å². The Bertz CT molecular complexity index is 949. The Morgan fingerprint density at radius 1 is 1.00 bits per heavy atom. The fraction of sp³-hybridized carbons (Fsp3) is 0.364. The van der Waals surface area contributed by atoms with Gasteiger partial charge in [0.05, 0.1) is 23.4 Å². The van der Waals surface area contributed by atoms with Crippen LogP contribution in [0, 0.1) is 11.8 Å². The number of aromatic nitrogens is 2. The predicted molar refractivity (Wildman–Crippen MR) is 104 cm³/mol. The Balaban J connectivity index is 1.97. The molecule has 2 aromatic carbocycles. The molecule has 1 heterocycles. The third-order valence-corrected chi connectivity index (χ3v) is 4.50. The Hall–Kier alpha value is -2.63. The molecule has 148 valence electrons.